The summed E-state index contributed by atoms with van der Waals surface area (Å²) in [5.41, 5.74) is 14.7. The Kier molecular flexibility index (Phi) is 7.21. The fourth-order valence-corrected chi connectivity index (χ4v) is 9.78. The lowest BCUT2D eigenvalue weighted by Crippen LogP contribution is -2.32. The van der Waals surface area contributed by atoms with Crippen LogP contribution in [0, 0.1) is 0 Å². The van der Waals surface area contributed by atoms with Crippen LogP contribution in [-0.4, -0.2) is 23.4 Å². The average molecular weight is 618 g/mol. The molecule has 0 saturated carbocycles. The molecule has 0 amide bonds. The number of likely N-dealkylation sites (N-methyl/N-ethyl adjacent to an activating group) is 1. The maximum Gasteiger partial charge on any atom is 0.210 e. The molecule has 0 spiro atoms. The average Bonchev–Trinajstić information content (AvgIpc) is 3.47. The highest BCUT2D eigenvalue weighted by Gasteiger charge is 2.48. The Bertz CT molecular complexity index is 2110. The summed E-state index contributed by atoms with van der Waals surface area (Å²) in [6, 6.07) is 27.2. The number of allylic oxidation sites excluding steroid dienone is 8. The quantitative estimate of drug-likeness (QED) is 0.207. The standard InChI is InChI=1S/C45H49N2/c1-7-46-38-25-23-32-17-9-11-21-36(32)40(38)44(3,4)42(46)34-19-13-15-30(28-34)27-31-16-14-20-35(29-31)43-45(5,6)41-37-22-12-10-18-33(37)24-26-39(41)47(43)8-2/h9-12,17-18,21-29H,7-8,13-16,19-20H2,1-6H3/q+1. The molecular formula is C45H49N2+. The van der Waals surface area contributed by atoms with Gasteiger partial charge in [-0.1, -0.05) is 80.6 Å². The highest BCUT2D eigenvalue weighted by Crippen LogP contribution is 2.53. The number of rotatable bonds is 4. The highest BCUT2D eigenvalue weighted by molar-refractivity contribution is 6.11. The smallest absolute Gasteiger partial charge is 0.210 e. The fraction of sp³-hybridized carbons (Fsp3) is 0.356. The summed E-state index contributed by atoms with van der Waals surface area (Å²) in [6.07, 6.45) is 14.7. The Morgan fingerprint density at radius 2 is 1.38 bits per heavy atom. The Morgan fingerprint density at radius 3 is 2.11 bits per heavy atom. The fourth-order valence-electron chi connectivity index (χ4n) is 9.78. The van der Waals surface area contributed by atoms with Crippen molar-refractivity contribution in [2.45, 2.75) is 90.9 Å². The van der Waals surface area contributed by atoms with E-state index in [0.29, 0.717) is 0 Å². The first kappa shape index (κ1) is 30.2. The first-order chi connectivity index (χ1) is 22.7. The van der Waals surface area contributed by atoms with Crippen molar-refractivity contribution in [1.82, 2.24) is 0 Å². The molecule has 2 nitrogen and oxygen atoms in total. The molecule has 2 heterocycles. The van der Waals surface area contributed by atoms with Gasteiger partial charge in [0, 0.05) is 40.5 Å². The molecule has 8 rings (SSSR count). The van der Waals surface area contributed by atoms with Crippen molar-refractivity contribution in [2.75, 3.05) is 18.0 Å². The third kappa shape index (κ3) is 4.62. The monoisotopic (exact) mass is 617 g/mol. The molecule has 2 heteroatoms. The second-order valence-electron chi connectivity index (χ2n) is 15.1. The van der Waals surface area contributed by atoms with Crippen molar-refractivity contribution in [1.29, 1.82) is 0 Å². The molecule has 0 radical (unpaired) electrons. The Hall–Kier alpha value is -4.17. The largest absolute Gasteiger partial charge is 0.344 e. The molecule has 0 unspecified atom stereocenters. The summed E-state index contributed by atoms with van der Waals surface area (Å²) in [6.45, 7) is 16.4. The zero-order chi connectivity index (χ0) is 32.5. The second-order valence-corrected chi connectivity index (χ2v) is 15.1. The molecule has 2 aliphatic carbocycles. The van der Waals surface area contributed by atoms with Gasteiger partial charge in [-0.15, -0.1) is 0 Å². The van der Waals surface area contributed by atoms with Crippen LogP contribution in [0.2, 0.25) is 0 Å². The van der Waals surface area contributed by atoms with E-state index in [2.05, 4.69) is 142 Å². The Morgan fingerprint density at radius 1 is 0.702 bits per heavy atom. The third-order valence-corrected chi connectivity index (χ3v) is 11.5. The van der Waals surface area contributed by atoms with Crippen molar-refractivity contribution >= 4 is 38.6 Å². The number of benzene rings is 4. The summed E-state index contributed by atoms with van der Waals surface area (Å²) in [7, 11) is 0. The van der Waals surface area contributed by atoms with E-state index < -0.39 is 0 Å². The van der Waals surface area contributed by atoms with Gasteiger partial charge in [-0.05, 0) is 128 Å². The summed E-state index contributed by atoms with van der Waals surface area (Å²) in [5.74, 6) is 0. The molecular weight excluding hydrogens is 569 g/mol. The van der Waals surface area contributed by atoms with Crippen molar-refractivity contribution in [3.8, 4) is 0 Å². The van der Waals surface area contributed by atoms with Gasteiger partial charge in [0.1, 0.15) is 6.54 Å². The van der Waals surface area contributed by atoms with Crippen molar-refractivity contribution in [3.63, 3.8) is 0 Å². The topological polar surface area (TPSA) is 6.25 Å². The van der Waals surface area contributed by atoms with Crippen LogP contribution in [0.15, 0.2) is 119 Å². The minimum Gasteiger partial charge on any atom is -0.344 e. The van der Waals surface area contributed by atoms with Gasteiger partial charge in [0.15, 0.2) is 5.71 Å². The molecule has 0 aromatic heterocycles. The van der Waals surface area contributed by atoms with E-state index >= 15 is 0 Å². The maximum absolute atomic E-state index is 2.61. The molecule has 4 aromatic carbocycles. The number of hydrogen-bond acceptors (Lipinski definition) is 1. The van der Waals surface area contributed by atoms with Crippen LogP contribution in [0.3, 0.4) is 0 Å². The van der Waals surface area contributed by atoms with Gasteiger partial charge < -0.3 is 4.90 Å². The maximum atomic E-state index is 2.61. The van der Waals surface area contributed by atoms with Crippen molar-refractivity contribution < 1.29 is 4.58 Å². The molecule has 0 N–H and O–H groups in total. The van der Waals surface area contributed by atoms with E-state index in [9.17, 15) is 0 Å². The second kappa shape index (κ2) is 11.2. The van der Waals surface area contributed by atoms with Crippen LogP contribution < -0.4 is 4.90 Å². The molecule has 4 aliphatic rings. The van der Waals surface area contributed by atoms with Crippen LogP contribution in [-0.2, 0) is 10.8 Å². The van der Waals surface area contributed by atoms with Gasteiger partial charge >= 0.3 is 0 Å². The lowest BCUT2D eigenvalue weighted by molar-refractivity contribution is -0.433. The van der Waals surface area contributed by atoms with Crippen LogP contribution >= 0.6 is 0 Å². The molecule has 4 aromatic rings. The van der Waals surface area contributed by atoms with Crippen molar-refractivity contribution in [3.05, 3.63) is 130 Å². The van der Waals surface area contributed by atoms with Crippen LogP contribution in [0.5, 0.6) is 0 Å². The number of nitrogens with zero attached hydrogens (tertiary/aromatic N) is 2. The van der Waals surface area contributed by atoms with Gasteiger partial charge in [0.25, 0.3) is 0 Å². The van der Waals surface area contributed by atoms with Crippen LogP contribution in [0.25, 0.3) is 21.5 Å². The van der Waals surface area contributed by atoms with E-state index in [1.165, 1.54) is 90.6 Å². The van der Waals surface area contributed by atoms with Crippen LogP contribution in [0.4, 0.5) is 11.4 Å². The summed E-state index contributed by atoms with van der Waals surface area (Å²) in [4.78, 5) is 2.61. The summed E-state index contributed by atoms with van der Waals surface area (Å²) >= 11 is 0. The molecule has 238 valence electrons. The van der Waals surface area contributed by atoms with Crippen molar-refractivity contribution in [2.24, 2.45) is 0 Å². The SMILES string of the molecule is CCN1C(=C2C=C(C=C3C=C(C4=[N+](CC)c5ccc6ccccc6c5C4(C)C)CCC3)CCC2)C(C)(C)c2c1ccc1ccccc21. The third-order valence-electron chi connectivity index (χ3n) is 11.5. The Labute approximate surface area is 281 Å². The minimum absolute atomic E-state index is 0.0426. The molecule has 2 aliphatic heterocycles. The number of fused-ring (bicyclic) bond motifs is 6. The lowest BCUT2D eigenvalue weighted by Gasteiger charge is -2.30. The van der Waals surface area contributed by atoms with E-state index in [1.54, 1.807) is 0 Å². The van der Waals surface area contributed by atoms with Gasteiger partial charge in [-0.3, -0.25) is 0 Å². The molecule has 47 heavy (non-hydrogen) atoms. The van der Waals surface area contributed by atoms with E-state index in [4.69, 9.17) is 0 Å². The first-order valence-electron chi connectivity index (χ1n) is 18.1. The molecule has 0 fully saturated rings. The minimum atomic E-state index is -0.0426. The van der Waals surface area contributed by atoms with E-state index in [1.807, 2.05) is 0 Å². The first-order valence-corrected chi connectivity index (χ1v) is 18.1. The van der Waals surface area contributed by atoms with Crippen LogP contribution in [0.1, 0.15) is 91.2 Å². The Balaban J connectivity index is 1.19. The predicted octanol–water partition coefficient (Wildman–Crippen LogP) is 11.6. The number of anilines is 1. The van der Waals surface area contributed by atoms with Gasteiger partial charge in [0.2, 0.25) is 5.69 Å². The molecule has 0 saturated heterocycles. The van der Waals surface area contributed by atoms with Gasteiger partial charge in [-0.25, -0.2) is 0 Å². The zero-order valence-electron chi connectivity index (χ0n) is 29.2. The molecule has 0 atom stereocenters. The summed E-state index contributed by atoms with van der Waals surface area (Å²) in [5, 5.41) is 5.48. The normalized spacial score (nSPS) is 22.6. The van der Waals surface area contributed by atoms with Gasteiger partial charge in [0.05, 0.1) is 5.41 Å². The predicted molar refractivity (Wildman–Crippen MR) is 201 cm³/mol. The zero-order valence-corrected chi connectivity index (χ0v) is 29.2. The van der Waals surface area contributed by atoms with E-state index in [0.717, 1.165) is 38.8 Å². The highest BCUT2D eigenvalue weighted by atomic mass is 15.2. The van der Waals surface area contributed by atoms with Gasteiger partial charge in [-0.2, -0.15) is 4.58 Å². The lowest BCUT2D eigenvalue weighted by atomic mass is 9.74. The summed E-state index contributed by atoms with van der Waals surface area (Å²) < 4.78 is 2.61. The number of hydrogen-bond donors (Lipinski definition) is 0. The molecule has 0 bridgehead atoms. The van der Waals surface area contributed by atoms with E-state index in [-0.39, 0.29) is 10.8 Å².